The molecule has 4 aromatic rings. The molecule has 7 heteroatoms. The van der Waals surface area contributed by atoms with Crippen molar-refractivity contribution in [2.24, 2.45) is 7.05 Å². The van der Waals surface area contributed by atoms with Crippen LogP contribution in [-0.4, -0.2) is 20.7 Å². The van der Waals surface area contributed by atoms with E-state index in [1.54, 1.807) is 13.1 Å². The first-order chi connectivity index (χ1) is 15.0. The lowest BCUT2D eigenvalue weighted by atomic mass is 10.1. The van der Waals surface area contributed by atoms with Crippen LogP contribution in [0.25, 0.3) is 22.0 Å². The third-order valence-corrected chi connectivity index (χ3v) is 6.06. The molecule has 2 aromatic heterocycles. The summed E-state index contributed by atoms with van der Waals surface area (Å²) in [7, 11) is 1.60. The quantitative estimate of drug-likeness (QED) is 0.487. The maximum atomic E-state index is 12.7. The Morgan fingerprint density at radius 2 is 1.81 bits per heavy atom. The molecule has 0 saturated carbocycles. The Labute approximate surface area is 184 Å². The minimum atomic E-state index is -0.213. The van der Waals surface area contributed by atoms with Gasteiger partial charge in [0.1, 0.15) is 0 Å². The van der Waals surface area contributed by atoms with E-state index in [2.05, 4.69) is 46.6 Å². The lowest BCUT2D eigenvalue weighted by Gasteiger charge is -2.07. The first-order valence-electron chi connectivity index (χ1n) is 10.3. The highest BCUT2D eigenvalue weighted by atomic mass is 32.1. The molecule has 0 fully saturated rings. The molecule has 0 unspecified atom stereocenters. The van der Waals surface area contributed by atoms with Crippen LogP contribution in [0.2, 0.25) is 0 Å². The van der Waals surface area contributed by atoms with Gasteiger partial charge >= 0.3 is 0 Å². The molecular formula is C24H24N4O2S. The summed E-state index contributed by atoms with van der Waals surface area (Å²) in [5, 5.41) is 9.01. The van der Waals surface area contributed by atoms with E-state index in [-0.39, 0.29) is 17.9 Å². The molecule has 0 saturated heterocycles. The number of carbonyl (C=O) groups excluding carboxylic acids is 1. The van der Waals surface area contributed by atoms with Gasteiger partial charge in [-0.05, 0) is 25.0 Å². The van der Waals surface area contributed by atoms with Crippen molar-refractivity contribution in [2.75, 3.05) is 5.32 Å². The molecular weight excluding hydrogens is 408 g/mol. The van der Waals surface area contributed by atoms with Gasteiger partial charge in [-0.2, -0.15) is 5.10 Å². The van der Waals surface area contributed by atoms with Crippen molar-refractivity contribution >= 4 is 33.1 Å². The molecule has 158 valence electrons. The highest BCUT2D eigenvalue weighted by Crippen LogP contribution is 2.30. The Morgan fingerprint density at radius 3 is 2.52 bits per heavy atom. The molecule has 0 bridgehead atoms. The average Bonchev–Trinajstić information content (AvgIpc) is 3.12. The molecule has 0 aliphatic carbocycles. The van der Waals surface area contributed by atoms with Gasteiger partial charge < -0.3 is 5.32 Å². The van der Waals surface area contributed by atoms with Crippen LogP contribution < -0.4 is 10.9 Å². The molecule has 0 aliphatic heterocycles. The zero-order valence-electron chi connectivity index (χ0n) is 17.8. The number of nitrogens with one attached hydrogen (secondary N) is 1. The molecule has 6 nitrogen and oxygen atoms in total. The van der Waals surface area contributed by atoms with Crippen molar-refractivity contribution < 1.29 is 4.79 Å². The van der Waals surface area contributed by atoms with Crippen LogP contribution in [-0.2, 0) is 24.7 Å². The number of carbonyl (C=O) groups is 1. The predicted octanol–water partition coefficient (Wildman–Crippen LogP) is 4.50. The second kappa shape index (κ2) is 8.81. The van der Waals surface area contributed by atoms with Crippen molar-refractivity contribution in [3.05, 3.63) is 75.0 Å². The average molecular weight is 433 g/mol. The van der Waals surface area contributed by atoms with Crippen molar-refractivity contribution in [3.8, 4) is 11.3 Å². The largest absolute Gasteiger partial charge is 0.302 e. The lowest BCUT2D eigenvalue weighted by molar-refractivity contribution is -0.115. The van der Waals surface area contributed by atoms with Gasteiger partial charge in [-0.25, -0.2) is 9.67 Å². The molecule has 2 aromatic carbocycles. The predicted molar refractivity (Wildman–Crippen MR) is 126 cm³/mol. The van der Waals surface area contributed by atoms with Gasteiger partial charge in [0.15, 0.2) is 5.13 Å². The fraction of sp³-hybridized carbons (Fsp3) is 0.250. The number of hydrogen-bond acceptors (Lipinski definition) is 5. The Kier molecular flexibility index (Phi) is 5.95. The summed E-state index contributed by atoms with van der Waals surface area (Å²) in [6, 6.07) is 15.6. The summed E-state index contributed by atoms with van der Waals surface area (Å²) in [5.74, 6) is -0.213. The van der Waals surface area contributed by atoms with Gasteiger partial charge in [-0.1, -0.05) is 55.8 Å². The Morgan fingerprint density at radius 1 is 1.10 bits per heavy atom. The number of nitrogens with zero attached hydrogens (tertiary/aromatic N) is 3. The summed E-state index contributed by atoms with van der Waals surface area (Å²) in [5.41, 5.74) is 3.62. The maximum Gasteiger partial charge on any atom is 0.274 e. The second-order valence-electron chi connectivity index (χ2n) is 7.52. The van der Waals surface area contributed by atoms with Gasteiger partial charge in [-0.15, -0.1) is 11.3 Å². The van der Waals surface area contributed by atoms with Crippen LogP contribution >= 0.6 is 11.3 Å². The number of fused-ring (bicyclic) bond motifs is 1. The molecule has 31 heavy (non-hydrogen) atoms. The third-order valence-electron chi connectivity index (χ3n) is 5.17. The van der Waals surface area contributed by atoms with E-state index in [0.29, 0.717) is 21.6 Å². The van der Waals surface area contributed by atoms with Crippen molar-refractivity contribution in [3.63, 3.8) is 0 Å². The monoisotopic (exact) mass is 432 g/mol. The first kappa shape index (κ1) is 20.9. The number of anilines is 1. The van der Waals surface area contributed by atoms with E-state index in [1.165, 1.54) is 21.6 Å². The number of aryl methyl sites for hydroxylation is 3. The summed E-state index contributed by atoms with van der Waals surface area (Å²) < 4.78 is 1.28. The van der Waals surface area contributed by atoms with Gasteiger partial charge in [0.25, 0.3) is 5.56 Å². The summed E-state index contributed by atoms with van der Waals surface area (Å²) in [6.45, 7) is 4.17. The second-order valence-corrected chi connectivity index (χ2v) is 8.72. The number of hydrogen-bond donors (Lipinski definition) is 1. The summed E-state index contributed by atoms with van der Waals surface area (Å²) in [4.78, 5) is 30.7. The molecule has 0 atom stereocenters. The zero-order chi connectivity index (χ0) is 22.0. The Bertz CT molecular complexity index is 1310. The molecule has 0 aliphatic rings. The summed E-state index contributed by atoms with van der Waals surface area (Å²) >= 11 is 1.45. The smallest absolute Gasteiger partial charge is 0.274 e. The van der Waals surface area contributed by atoms with Crippen molar-refractivity contribution in [1.29, 1.82) is 0 Å². The minimum Gasteiger partial charge on any atom is -0.302 e. The van der Waals surface area contributed by atoms with Crippen molar-refractivity contribution in [1.82, 2.24) is 14.8 Å². The number of thiazole rings is 1. The fourth-order valence-electron chi connectivity index (χ4n) is 3.66. The van der Waals surface area contributed by atoms with Gasteiger partial charge in [0, 0.05) is 22.9 Å². The number of rotatable bonds is 6. The van der Waals surface area contributed by atoms with Gasteiger partial charge in [-0.3, -0.25) is 9.59 Å². The lowest BCUT2D eigenvalue weighted by Crippen LogP contribution is -2.24. The SMILES string of the molecule is CCCc1ccc(-c2nc(NC(=O)Cc3nn(C)c(=O)c4ccccc34)sc2C)cc1. The third kappa shape index (κ3) is 4.41. The van der Waals surface area contributed by atoms with E-state index < -0.39 is 0 Å². The fourth-order valence-corrected chi connectivity index (χ4v) is 4.51. The number of benzene rings is 2. The maximum absolute atomic E-state index is 12.7. The molecule has 2 heterocycles. The summed E-state index contributed by atoms with van der Waals surface area (Å²) in [6.07, 6.45) is 2.24. The van der Waals surface area contributed by atoms with Crippen LogP contribution in [0, 0.1) is 6.92 Å². The standard InChI is InChI=1S/C24H24N4O2S/c1-4-7-16-10-12-17(13-11-16)22-15(2)31-24(26-22)25-21(29)14-20-18-8-5-6-9-19(18)23(30)28(3)27-20/h5-6,8-13H,4,7,14H2,1-3H3,(H,25,26,29). The van der Waals surface area contributed by atoms with E-state index in [9.17, 15) is 9.59 Å². The van der Waals surface area contributed by atoms with Crippen LogP contribution in [0.15, 0.2) is 53.3 Å². The van der Waals surface area contributed by atoms with Crippen LogP contribution in [0.3, 0.4) is 0 Å². The van der Waals surface area contributed by atoms with E-state index in [1.807, 2.05) is 25.1 Å². The van der Waals surface area contributed by atoms with Crippen molar-refractivity contribution in [2.45, 2.75) is 33.1 Å². The first-order valence-corrected chi connectivity index (χ1v) is 11.1. The van der Waals surface area contributed by atoms with Gasteiger partial charge in [0.05, 0.1) is 23.2 Å². The van der Waals surface area contributed by atoms with E-state index >= 15 is 0 Å². The van der Waals surface area contributed by atoms with E-state index in [4.69, 9.17) is 0 Å². The minimum absolute atomic E-state index is 0.0638. The topological polar surface area (TPSA) is 76.9 Å². The normalized spacial score (nSPS) is 11.1. The van der Waals surface area contributed by atoms with Crippen LogP contribution in [0.4, 0.5) is 5.13 Å². The molecule has 0 spiro atoms. The number of aromatic nitrogens is 3. The van der Waals surface area contributed by atoms with E-state index in [0.717, 1.165) is 29.0 Å². The molecule has 1 amide bonds. The number of amides is 1. The molecule has 1 N–H and O–H groups in total. The Hall–Kier alpha value is -3.32. The van der Waals surface area contributed by atoms with Crippen LogP contribution in [0.5, 0.6) is 0 Å². The van der Waals surface area contributed by atoms with Crippen LogP contribution in [0.1, 0.15) is 29.5 Å². The van der Waals surface area contributed by atoms with Gasteiger partial charge in [0.2, 0.25) is 5.91 Å². The zero-order valence-corrected chi connectivity index (χ0v) is 18.6. The highest BCUT2D eigenvalue weighted by molar-refractivity contribution is 7.16. The molecule has 0 radical (unpaired) electrons. The molecule has 4 rings (SSSR count). The highest BCUT2D eigenvalue weighted by Gasteiger charge is 2.15. The Balaban J connectivity index is 1.54.